The van der Waals surface area contributed by atoms with Crippen molar-refractivity contribution in [2.24, 2.45) is 28.8 Å². The fraction of sp³-hybridized carbons (Fsp3) is 0.407. The number of allylic oxidation sites excluding steroid dienone is 1. The summed E-state index contributed by atoms with van der Waals surface area (Å²) in [4.78, 5) is 23.1. The number of amides is 1. The van der Waals surface area contributed by atoms with Crippen LogP contribution in [0.3, 0.4) is 0 Å². The molecule has 2 saturated carbocycles. The molecule has 9 rings (SSSR count). The molecule has 0 spiro atoms. The van der Waals surface area contributed by atoms with Gasteiger partial charge in [-0.3, -0.25) is 4.79 Å². The van der Waals surface area contributed by atoms with Gasteiger partial charge in [0, 0.05) is 43.6 Å². The fourth-order valence-corrected chi connectivity index (χ4v) is 10.7. The van der Waals surface area contributed by atoms with E-state index >= 15 is 4.79 Å². The summed E-state index contributed by atoms with van der Waals surface area (Å²) in [6.45, 7) is 7.27. The lowest BCUT2D eigenvalue weighted by atomic mass is 9.55. The van der Waals surface area contributed by atoms with Gasteiger partial charge in [0.05, 0.1) is 18.2 Å². The maximum Gasteiger partial charge on any atom is 0.239 e. The van der Waals surface area contributed by atoms with Gasteiger partial charge in [-0.2, -0.15) is 0 Å². The molecule has 9 heteroatoms. The average Bonchev–Trinajstić information content (AvgIpc) is 4.17. The van der Waals surface area contributed by atoms with Crippen LogP contribution in [0.4, 0.5) is 0 Å². The Labute approximate surface area is 371 Å². The zero-order valence-corrected chi connectivity index (χ0v) is 36.4. The molecule has 1 heterocycles. The van der Waals surface area contributed by atoms with E-state index in [1.165, 1.54) is 0 Å². The maximum atomic E-state index is 15.0. The number of unbranched alkanes of at least 4 members (excludes halogenated alkanes) is 2. The molecular weight excluding hydrogens is 789 g/mol. The molecule has 5 aromatic rings. The van der Waals surface area contributed by atoms with Crippen LogP contribution >= 0.6 is 0 Å². The first kappa shape index (κ1) is 42.8. The van der Waals surface area contributed by atoms with Gasteiger partial charge in [-0.25, -0.2) is 0 Å². The van der Waals surface area contributed by atoms with Crippen molar-refractivity contribution < 1.29 is 34.1 Å². The van der Waals surface area contributed by atoms with E-state index in [0.29, 0.717) is 43.9 Å². The summed E-state index contributed by atoms with van der Waals surface area (Å²) in [6.07, 6.45) is 11.1. The monoisotopic (exact) mass is 848 g/mol. The Kier molecular flexibility index (Phi) is 13.0. The van der Waals surface area contributed by atoms with Crippen molar-refractivity contribution in [3.05, 3.63) is 139 Å². The molecule has 63 heavy (non-hydrogen) atoms. The van der Waals surface area contributed by atoms with E-state index in [9.17, 15) is 10.2 Å². The molecule has 3 aliphatic carbocycles. The Morgan fingerprint density at radius 2 is 1.60 bits per heavy atom. The summed E-state index contributed by atoms with van der Waals surface area (Å²) in [5, 5.41) is 29.4. The highest BCUT2D eigenvalue weighted by Gasteiger charge is 2.66. The summed E-state index contributed by atoms with van der Waals surface area (Å²) in [5.74, 6) is 0.524. The van der Waals surface area contributed by atoms with Gasteiger partial charge in [-0.05, 0) is 120 Å². The van der Waals surface area contributed by atoms with E-state index in [1.807, 2.05) is 48.2 Å². The van der Waals surface area contributed by atoms with E-state index in [4.69, 9.17) is 24.2 Å². The number of rotatable bonds is 19. The van der Waals surface area contributed by atoms with Crippen LogP contribution in [0.2, 0.25) is 0 Å². The number of hydrogen-bond acceptors (Lipinski definition) is 8. The third-order valence-corrected chi connectivity index (χ3v) is 13.7. The van der Waals surface area contributed by atoms with Crippen molar-refractivity contribution >= 4 is 33.2 Å². The van der Waals surface area contributed by atoms with Crippen molar-refractivity contribution in [1.82, 2.24) is 4.90 Å². The molecule has 0 bridgehead atoms. The van der Waals surface area contributed by atoms with Gasteiger partial charge in [-0.15, -0.1) is 6.58 Å². The van der Waals surface area contributed by atoms with Crippen molar-refractivity contribution in [2.45, 2.75) is 89.0 Å². The lowest BCUT2D eigenvalue weighted by molar-refractivity contribution is -0.258. The second kappa shape index (κ2) is 19.1. The summed E-state index contributed by atoms with van der Waals surface area (Å²) < 4.78 is 21.4. The number of carbonyl (C=O) groups is 1. The Morgan fingerprint density at radius 1 is 0.873 bits per heavy atom. The number of ether oxygens (including phenoxy) is 3. The normalized spacial score (nSPS) is 24.3. The first-order chi connectivity index (χ1) is 31.0. The van der Waals surface area contributed by atoms with Crippen LogP contribution in [-0.4, -0.2) is 65.0 Å². The van der Waals surface area contributed by atoms with Crippen LogP contribution in [0.5, 0.6) is 17.2 Å². The predicted octanol–water partition coefficient (Wildman–Crippen LogP) is 10.9. The molecule has 2 fully saturated rings. The van der Waals surface area contributed by atoms with Gasteiger partial charge in [0.25, 0.3) is 0 Å². The van der Waals surface area contributed by atoms with Crippen molar-refractivity contribution in [3.8, 4) is 17.2 Å². The van der Waals surface area contributed by atoms with Crippen LogP contribution < -0.4 is 9.47 Å². The van der Waals surface area contributed by atoms with Crippen LogP contribution in [0.15, 0.2) is 133 Å². The topological polar surface area (TPSA) is 110 Å². The number of carbonyl (C=O) groups excluding carboxylic acids is 1. The largest absolute Gasteiger partial charge is 0.459 e. The maximum absolute atomic E-state index is 15.0. The molecule has 6 atom stereocenters. The molecule has 1 amide bonds. The van der Waals surface area contributed by atoms with Gasteiger partial charge in [0.15, 0.2) is 0 Å². The molecule has 0 saturated heterocycles. The van der Waals surface area contributed by atoms with E-state index in [-0.39, 0.29) is 49.4 Å². The van der Waals surface area contributed by atoms with Crippen LogP contribution in [0.1, 0.15) is 81.8 Å². The average molecular weight is 849 g/mol. The first-order valence-electron chi connectivity index (χ1n) is 23.1. The van der Waals surface area contributed by atoms with Gasteiger partial charge in [-0.1, -0.05) is 103 Å². The van der Waals surface area contributed by atoms with E-state index in [1.54, 1.807) is 6.08 Å². The third kappa shape index (κ3) is 8.63. The number of fused-ring (bicyclic) bond motifs is 4. The summed E-state index contributed by atoms with van der Waals surface area (Å²) in [6, 6.07) is 34.6. The Balaban J connectivity index is 1.24. The Bertz CT molecular complexity index is 2490. The highest BCUT2D eigenvalue weighted by Crippen LogP contribution is 2.62. The van der Waals surface area contributed by atoms with Crippen molar-refractivity contribution in [3.63, 3.8) is 0 Å². The number of hydrogen-bond donors (Lipinski definition) is 2. The summed E-state index contributed by atoms with van der Waals surface area (Å²) in [7, 11) is 0. The SMILES string of the molecule is C=CCO[C@@]12Oc3ccc(Oc4ccc5ccccc5c4)cc3[C@H]3[C@H](CCCCO)[C@@H](CCCCO)C=C(C(=NOCC)C[C@@H]1N(Cc1cccc4ccccc14)C(=O)C1CC1)[C@H]32. The molecule has 9 nitrogen and oxygen atoms in total. The minimum absolute atomic E-state index is 0.0735. The highest BCUT2D eigenvalue weighted by molar-refractivity contribution is 6.03. The van der Waals surface area contributed by atoms with Crippen LogP contribution in [0, 0.1) is 23.7 Å². The standard InChI is InChI=1S/C54H60N2O7/c1-3-30-60-54-50(56(53(59)38-22-23-38)35-41-19-13-18-37-15-7-8-20-44(37)41)34-48(55-61-4-2)46-32-40(17-9-11-28-57)45(21-10-12-29-58)51(52(46)54)47-33-43(26-27-49(47)63-54)62-42-25-24-36-14-5-6-16-39(36)31-42/h3,5-8,13-16,18-20,24-27,31-33,38,40,45,50-52,57-58H,1,4,9-12,17,21-23,28-30,34-35H2,2H3/t40-,45+,50-,51+,52+,54+/m0/s1. The van der Waals surface area contributed by atoms with Gasteiger partial charge in [0.2, 0.25) is 11.7 Å². The molecule has 1 aliphatic heterocycles. The summed E-state index contributed by atoms with van der Waals surface area (Å²) >= 11 is 0. The van der Waals surface area contributed by atoms with Gasteiger partial charge >= 0.3 is 0 Å². The zero-order chi connectivity index (χ0) is 43.3. The molecule has 0 unspecified atom stereocenters. The van der Waals surface area contributed by atoms with Gasteiger partial charge < -0.3 is 34.2 Å². The number of nitrogens with zero attached hydrogens (tertiary/aromatic N) is 2. The second-order valence-corrected chi connectivity index (χ2v) is 17.7. The quantitative estimate of drug-likeness (QED) is 0.0484. The third-order valence-electron chi connectivity index (χ3n) is 13.7. The van der Waals surface area contributed by atoms with Crippen LogP contribution in [-0.2, 0) is 20.9 Å². The molecular formula is C54H60N2O7. The minimum atomic E-state index is -1.33. The van der Waals surface area contributed by atoms with E-state index < -0.39 is 17.7 Å². The Morgan fingerprint density at radius 3 is 2.38 bits per heavy atom. The van der Waals surface area contributed by atoms with Crippen LogP contribution in [0.25, 0.3) is 21.5 Å². The molecule has 328 valence electrons. The van der Waals surface area contributed by atoms with E-state index in [0.717, 1.165) is 88.2 Å². The number of oxime groups is 1. The predicted molar refractivity (Wildman–Crippen MR) is 248 cm³/mol. The minimum Gasteiger partial charge on any atom is -0.459 e. The number of aliphatic hydroxyl groups excluding tert-OH is 2. The number of aliphatic hydroxyl groups is 2. The number of benzene rings is 5. The molecule has 0 aromatic heterocycles. The molecule has 0 radical (unpaired) electrons. The second-order valence-electron chi connectivity index (χ2n) is 17.7. The summed E-state index contributed by atoms with van der Waals surface area (Å²) in [5.41, 5.74) is 3.91. The fourth-order valence-electron chi connectivity index (χ4n) is 10.7. The van der Waals surface area contributed by atoms with Crippen molar-refractivity contribution in [2.75, 3.05) is 26.4 Å². The molecule has 2 N–H and O–H groups in total. The smallest absolute Gasteiger partial charge is 0.239 e. The van der Waals surface area contributed by atoms with Crippen molar-refractivity contribution in [1.29, 1.82) is 0 Å². The van der Waals surface area contributed by atoms with E-state index in [2.05, 4.69) is 79.4 Å². The zero-order valence-electron chi connectivity index (χ0n) is 36.4. The highest BCUT2D eigenvalue weighted by atomic mass is 16.7. The first-order valence-corrected chi connectivity index (χ1v) is 23.1. The Hall–Kier alpha value is -5.48. The lowest BCUT2D eigenvalue weighted by Gasteiger charge is -2.60. The molecule has 5 aromatic carbocycles. The molecule has 4 aliphatic rings. The van der Waals surface area contributed by atoms with Gasteiger partial charge in [0.1, 0.15) is 29.9 Å². The lowest BCUT2D eigenvalue weighted by Crippen LogP contribution is -2.70.